The Balaban J connectivity index is 2.38. The molecule has 0 atom stereocenters. The Morgan fingerprint density at radius 3 is 2.88 bits per heavy atom. The van der Waals surface area contributed by atoms with Crippen LogP contribution in [0.1, 0.15) is 23.8 Å². The highest BCUT2D eigenvalue weighted by atomic mass is 32.1. The molecule has 0 bridgehead atoms. The zero-order chi connectivity index (χ0) is 12.7. The van der Waals surface area contributed by atoms with E-state index in [1.165, 1.54) is 17.6 Å². The molecule has 1 rings (SSSR count). The highest BCUT2D eigenvalue weighted by molar-refractivity contribution is 7.10. The summed E-state index contributed by atoms with van der Waals surface area (Å²) in [6.07, 6.45) is 2.60. The second kappa shape index (κ2) is 7.25. The maximum atomic E-state index is 11.3. The fraction of sp³-hybridized carbons (Fsp3) is 0.462. The molecule has 1 N–H and O–H groups in total. The zero-order valence-corrected chi connectivity index (χ0v) is 11.4. The van der Waals surface area contributed by atoms with Crippen LogP contribution in [0, 0.1) is 6.92 Å². The van der Waals surface area contributed by atoms with Gasteiger partial charge < -0.3 is 10.1 Å². The molecule has 4 heteroatoms. The topological polar surface area (TPSA) is 38.3 Å². The molecule has 0 radical (unpaired) electrons. The summed E-state index contributed by atoms with van der Waals surface area (Å²) >= 11 is 1.75. The van der Waals surface area contributed by atoms with Crippen LogP contribution in [0.2, 0.25) is 0 Å². The molecule has 0 saturated heterocycles. The largest absolute Gasteiger partial charge is 0.466 e. The van der Waals surface area contributed by atoms with E-state index in [1.807, 2.05) is 13.0 Å². The molecule has 1 heterocycles. The number of hydrogen-bond donors (Lipinski definition) is 1. The van der Waals surface area contributed by atoms with Gasteiger partial charge in [-0.3, -0.25) is 0 Å². The van der Waals surface area contributed by atoms with Crippen LogP contribution in [0.5, 0.6) is 0 Å². The maximum Gasteiger partial charge on any atom is 0.333 e. The van der Waals surface area contributed by atoms with E-state index in [9.17, 15) is 4.79 Å². The maximum absolute atomic E-state index is 11.3. The number of rotatable bonds is 6. The lowest BCUT2D eigenvalue weighted by Crippen LogP contribution is -2.14. The minimum atomic E-state index is -0.235. The lowest BCUT2D eigenvalue weighted by Gasteiger charge is -2.04. The van der Waals surface area contributed by atoms with Gasteiger partial charge in [0.1, 0.15) is 0 Å². The van der Waals surface area contributed by atoms with Crippen molar-refractivity contribution in [2.75, 3.05) is 13.7 Å². The number of hydrogen-bond acceptors (Lipinski definition) is 4. The van der Waals surface area contributed by atoms with E-state index in [-0.39, 0.29) is 5.97 Å². The smallest absolute Gasteiger partial charge is 0.333 e. The van der Waals surface area contributed by atoms with E-state index in [0.717, 1.165) is 12.1 Å². The molecule has 0 aromatic carbocycles. The van der Waals surface area contributed by atoms with Crippen molar-refractivity contribution in [1.29, 1.82) is 0 Å². The Morgan fingerprint density at radius 2 is 2.35 bits per heavy atom. The molecule has 0 unspecified atom stereocenters. The van der Waals surface area contributed by atoms with Gasteiger partial charge in [-0.2, -0.15) is 0 Å². The Labute approximate surface area is 106 Å². The summed E-state index contributed by atoms with van der Waals surface area (Å²) in [5.41, 5.74) is 2.04. The molecule has 0 saturated carbocycles. The average Bonchev–Trinajstić information content (AvgIpc) is 2.74. The van der Waals surface area contributed by atoms with Crippen LogP contribution < -0.4 is 5.32 Å². The van der Waals surface area contributed by atoms with Crippen LogP contribution in [0.25, 0.3) is 0 Å². The van der Waals surface area contributed by atoms with Crippen molar-refractivity contribution in [2.24, 2.45) is 0 Å². The zero-order valence-electron chi connectivity index (χ0n) is 10.6. The quantitative estimate of drug-likeness (QED) is 0.481. The van der Waals surface area contributed by atoms with Crippen molar-refractivity contribution in [1.82, 2.24) is 5.32 Å². The molecule has 0 spiro atoms. The van der Waals surface area contributed by atoms with Crippen LogP contribution in [-0.4, -0.2) is 19.6 Å². The molecule has 0 amide bonds. The third-order valence-corrected chi connectivity index (χ3v) is 3.60. The fourth-order valence-corrected chi connectivity index (χ4v) is 2.35. The SMILES string of the molecule is CC/C(=C/CNCc1sccc1C)C(=O)OC. The van der Waals surface area contributed by atoms with Crippen LogP contribution in [-0.2, 0) is 16.1 Å². The molecule has 0 fully saturated rings. The van der Waals surface area contributed by atoms with Crippen molar-refractivity contribution < 1.29 is 9.53 Å². The van der Waals surface area contributed by atoms with Gasteiger partial charge >= 0.3 is 5.97 Å². The third kappa shape index (κ3) is 4.32. The third-order valence-electron chi connectivity index (χ3n) is 2.58. The van der Waals surface area contributed by atoms with Crippen LogP contribution in [0.15, 0.2) is 23.1 Å². The Hall–Kier alpha value is -1.13. The Kier molecular flexibility index (Phi) is 5.94. The van der Waals surface area contributed by atoms with E-state index in [0.29, 0.717) is 13.0 Å². The number of aryl methyl sites for hydroxylation is 1. The number of nitrogens with one attached hydrogen (secondary N) is 1. The van der Waals surface area contributed by atoms with Gasteiger partial charge in [0.25, 0.3) is 0 Å². The number of esters is 1. The summed E-state index contributed by atoms with van der Waals surface area (Å²) in [6.45, 7) is 5.59. The molecule has 94 valence electrons. The predicted molar refractivity (Wildman–Crippen MR) is 71.2 cm³/mol. The predicted octanol–water partition coefficient (Wildman–Crippen LogP) is 2.66. The first kappa shape index (κ1) is 13.9. The molecule has 3 nitrogen and oxygen atoms in total. The lowest BCUT2D eigenvalue weighted by molar-refractivity contribution is -0.136. The van der Waals surface area contributed by atoms with Crippen LogP contribution in [0.4, 0.5) is 0 Å². The second-order valence-electron chi connectivity index (χ2n) is 3.73. The number of thiophene rings is 1. The second-order valence-corrected chi connectivity index (χ2v) is 4.73. The molecular formula is C13H19NO2S. The Morgan fingerprint density at radius 1 is 1.59 bits per heavy atom. The molecule has 1 aromatic heterocycles. The highest BCUT2D eigenvalue weighted by Gasteiger charge is 2.05. The van der Waals surface area contributed by atoms with E-state index >= 15 is 0 Å². The molecule has 1 aromatic rings. The minimum Gasteiger partial charge on any atom is -0.466 e. The van der Waals surface area contributed by atoms with Gasteiger partial charge in [-0.25, -0.2) is 4.79 Å². The van der Waals surface area contributed by atoms with Crippen molar-refractivity contribution >= 4 is 17.3 Å². The summed E-state index contributed by atoms with van der Waals surface area (Å²) in [5.74, 6) is -0.235. The summed E-state index contributed by atoms with van der Waals surface area (Å²) in [5, 5.41) is 5.39. The first-order valence-corrected chi connectivity index (χ1v) is 6.58. The summed E-state index contributed by atoms with van der Waals surface area (Å²) < 4.78 is 4.69. The van der Waals surface area contributed by atoms with Gasteiger partial charge in [0.15, 0.2) is 0 Å². The number of methoxy groups -OCH3 is 1. The first-order valence-electron chi connectivity index (χ1n) is 5.70. The van der Waals surface area contributed by atoms with Gasteiger partial charge in [-0.15, -0.1) is 11.3 Å². The van der Waals surface area contributed by atoms with Crippen molar-refractivity contribution in [2.45, 2.75) is 26.8 Å². The normalized spacial score (nSPS) is 11.6. The number of carbonyl (C=O) groups excluding carboxylic acids is 1. The number of carbonyl (C=O) groups is 1. The molecule has 0 aliphatic carbocycles. The van der Waals surface area contributed by atoms with Crippen molar-refractivity contribution in [3.63, 3.8) is 0 Å². The van der Waals surface area contributed by atoms with Gasteiger partial charge in [-0.1, -0.05) is 13.0 Å². The highest BCUT2D eigenvalue weighted by Crippen LogP contribution is 2.14. The van der Waals surface area contributed by atoms with E-state index in [1.54, 1.807) is 11.3 Å². The minimum absolute atomic E-state index is 0.235. The number of ether oxygens (including phenoxy) is 1. The fourth-order valence-electron chi connectivity index (χ4n) is 1.47. The molecule has 0 aliphatic rings. The average molecular weight is 253 g/mol. The molecule has 17 heavy (non-hydrogen) atoms. The standard InChI is InChI=1S/C13H19NO2S/c1-4-11(13(15)16-3)5-7-14-9-12-10(2)6-8-17-12/h5-6,8,14H,4,7,9H2,1-3H3/b11-5-. The first-order chi connectivity index (χ1) is 8.19. The summed E-state index contributed by atoms with van der Waals surface area (Å²) in [7, 11) is 1.41. The lowest BCUT2D eigenvalue weighted by atomic mass is 10.2. The Bertz CT molecular complexity index is 396. The van der Waals surface area contributed by atoms with Crippen molar-refractivity contribution in [3.05, 3.63) is 33.5 Å². The van der Waals surface area contributed by atoms with Crippen LogP contribution >= 0.6 is 11.3 Å². The summed E-state index contributed by atoms with van der Waals surface area (Å²) in [6, 6.07) is 2.11. The van der Waals surface area contributed by atoms with Crippen molar-refractivity contribution in [3.8, 4) is 0 Å². The van der Waals surface area contributed by atoms with Gasteiger partial charge in [0.05, 0.1) is 7.11 Å². The van der Waals surface area contributed by atoms with Gasteiger partial charge in [0.2, 0.25) is 0 Å². The van der Waals surface area contributed by atoms with Gasteiger partial charge in [0, 0.05) is 23.5 Å². The van der Waals surface area contributed by atoms with E-state index in [4.69, 9.17) is 4.74 Å². The monoisotopic (exact) mass is 253 g/mol. The van der Waals surface area contributed by atoms with Gasteiger partial charge in [-0.05, 0) is 30.4 Å². The van der Waals surface area contributed by atoms with E-state index < -0.39 is 0 Å². The molecular weight excluding hydrogens is 234 g/mol. The summed E-state index contributed by atoms with van der Waals surface area (Å²) in [4.78, 5) is 12.6. The van der Waals surface area contributed by atoms with E-state index in [2.05, 4.69) is 23.7 Å². The van der Waals surface area contributed by atoms with Crippen LogP contribution in [0.3, 0.4) is 0 Å². The molecule has 0 aliphatic heterocycles.